The average molecular weight is 439 g/mol. The van der Waals surface area contributed by atoms with Crippen LogP contribution in [0.5, 0.6) is 0 Å². The lowest BCUT2D eigenvalue weighted by Gasteiger charge is -2.26. The van der Waals surface area contributed by atoms with Crippen molar-refractivity contribution >= 4 is 5.97 Å². The Morgan fingerprint density at radius 1 is 0.645 bits per heavy atom. The molecule has 0 atom stereocenters. The van der Waals surface area contributed by atoms with Crippen molar-refractivity contribution in [3.05, 3.63) is 12.2 Å². The zero-order valence-corrected chi connectivity index (χ0v) is 21.8. The van der Waals surface area contributed by atoms with Gasteiger partial charge in [-0.05, 0) is 39.0 Å². The summed E-state index contributed by atoms with van der Waals surface area (Å²) in [6.07, 6.45) is 28.9. The van der Waals surface area contributed by atoms with Crippen LogP contribution >= 0.6 is 0 Å². The first-order chi connectivity index (χ1) is 15.0. The summed E-state index contributed by atoms with van der Waals surface area (Å²) in [5.41, 5.74) is 0. The minimum atomic E-state index is -0.0554. The molecule has 3 nitrogen and oxygen atoms in total. The van der Waals surface area contributed by atoms with Crippen LogP contribution in [-0.4, -0.2) is 44.2 Å². The Morgan fingerprint density at radius 2 is 1.06 bits per heavy atom. The first-order valence-corrected chi connectivity index (χ1v) is 13.6. The Morgan fingerprint density at radius 3 is 1.52 bits per heavy atom. The second-order valence-corrected chi connectivity index (χ2v) is 9.98. The van der Waals surface area contributed by atoms with E-state index in [4.69, 9.17) is 4.74 Å². The van der Waals surface area contributed by atoms with Gasteiger partial charge in [-0.1, -0.05) is 103 Å². The number of ether oxygens (including phenoxy) is 1. The zero-order valence-electron chi connectivity index (χ0n) is 21.8. The highest BCUT2D eigenvalue weighted by molar-refractivity contribution is 5.70. The molecule has 0 unspecified atom stereocenters. The highest BCUT2D eigenvalue weighted by atomic mass is 16.5. The number of allylic oxidation sites excluding steroid dienone is 2. The normalized spacial score (nSPS) is 12.0. The van der Waals surface area contributed by atoms with Crippen molar-refractivity contribution in [2.75, 3.05) is 33.8 Å². The third kappa shape index (κ3) is 23.7. The van der Waals surface area contributed by atoms with Crippen LogP contribution in [0.25, 0.3) is 0 Å². The van der Waals surface area contributed by atoms with E-state index in [9.17, 15) is 4.79 Å². The molecular formula is C28H56NO2+. The van der Waals surface area contributed by atoms with E-state index in [0.717, 1.165) is 13.0 Å². The minimum Gasteiger partial charge on any atom is -0.462 e. The molecule has 3 heteroatoms. The van der Waals surface area contributed by atoms with Crippen LogP contribution in [0.3, 0.4) is 0 Å². The van der Waals surface area contributed by atoms with Crippen molar-refractivity contribution in [1.29, 1.82) is 0 Å². The van der Waals surface area contributed by atoms with Crippen LogP contribution in [-0.2, 0) is 9.53 Å². The number of carbonyl (C=O) groups is 1. The fourth-order valence-corrected chi connectivity index (χ4v) is 3.75. The number of hydrogen-bond acceptors (Lipinski definition) is 2. The van der Waals surface area contributed by atoms with Crippen LogP contribution in [0.15, 0.2) is 12.2 Å². The standard InChI is InChI=1S/C28H56NO2/c1-5-7-8-9-10-11-12-13-14-15-16-17-18-19-20-21-22-23-24-25-26-31-28(30)27-29(3,4)6-2/h13-14H,5-12,15-27H2,1-4H3/q+1/b14-13-. The van der Waals surface area contributed by atoms with Crippen molar-refractivity contribution in [3.63, 3.8) is 0 Å². The molecule has 184 valence electrons. The monoisotopic (exact) mass is 438 g/mol. The van der Waals surface area contributed by atoms with E-state index in [1.165, 1.54) is 109 Å². The van der Waals surface area contributed by atoms with Crippen molar-refractivity contribution in [2.24, 2.45) is 0 Å². The van der Waals surface area contributed by atoms with Crippen molar-refractivity contribution in [3.8, 4) is 0 Å². The van der Waals surface area contributed by atoms with Gasteiger partial charge in [0.2, 0.25) is 0 Å². The van der Waals surface area contributed by atoms with Crippen LogP contribution in [0.1, 0.15) is 129 Å². The first-order valence-electron chi connectivity index (χ1n) is 13.6. The van der Waals surface area contributed by atoms with Crippen LogP contribution in [0.4, 0.5) is 0 Å². The van der Waals surface area contributed by atoms with Gasteiger partial charge >= 0.3 is 5.97 Å². The molecule has 0 fully saturated rings. The SMILES string of the molecule is CCCCCCCC/C=C\CCCCCCCCCCCCOC(=O)C[N+](C)(C)CC. The molecule has 0 amide bonds. The molecule has 0 saturated carbocycles. The van der Waals surface area contributed by atoms with Crippen molar-refractivity contribution in [2.45, 2.75) is 129 Å². The summed E-state index contributed by atoms with van der Waals surface area (Å²) in [6.45, 7) is 6.40. The second kappa shape index (κ2) is 22.4. The molecule has 0 aliphatic carbocycles. The number of unbranched alkanes of at least 4 members (excludes halogenated alkanes) is 16. The van der Waals surface area contributed by atoms with Crippen LogP contribution in [0, 0.1) is 0 Å². The van der Waals surface area contributed by atoms with Crippen molar-refractivity contribution < 1.29 is 14.0 Å². The highest BCUT2D eigenvalue weighted by Crippen LogP contribution is 2.12. The maximum Gasteiger partial charge on any atom is 0.361 e. The summed E-state index contributed by atoms with van der Waals surface area (Å²) in [5, 5.41) is 0. The van der Waals surface area contributed by atoms with Crippen LogP contribution < -0.4 is 0 Å². The van der Waals surface area contributed by atoms with E-state index in [1.807, 2.05) is 0 Å². The topological polar surface area (TPSA) is 26.3 Å². The molecule has 0 N–H and O–H groups in total. The molecule has 0 saturated heterocycles. The van der Waals surface area contributed by atoms with Gasteiger partial charge in [-0.3, -0.25) is 0 Å². The Labute approximate surface area is 195 Å². The molecule has 0 aliphatic rings. The highest BCUT2D eigenvalue weighted by Gasteiger charge is 2.18. The molecule has 0 radical (unpaired) electrons. The molecule has 0 aromatic rings. The summed E-state index contributed by atoms with van der Waals surface area (Å²) in [7, 11) is 4.13. The average Bonchev–Trinajstić information content (AvgIpc) is 2.74. The third-order valence-corrected chi connectivity index (χ3v) is 6.33. The van der Waals surface area contributed by atoms with Gasteiger partial charge in [0.1, 0.15) is 0 Å². The summed E-state index contributed by atoms with van der Waals surface area (Å²) >= 11 is 0. The van der Waals surface area contributed by atoms with Gasteiger partial charge in [0.25, 0.3) is 0 Å². The predicted molar refractivity (Wildman–Crippen MR) is 136 cm³/mol. The van der Waals surface area contributed by atoms with Gasteiger partial charge in [0.05, 0.1) is 27.2 Å². The maximum absolute atomic E-state index is 11.8. The fraction of sp³-hybridized carbons (Fsp3) is 0.893. The summed E-state index contributed by atoms with van der Waals surface area (Å²) < 4.78 is 6.06. The first kappa shape index (κ1) is 30.2. The largest absolute Gasteiger partial charge is 0.462 e. The van der Waals surface area contributed by atoms with Gasteiger partial charge in [0.15, 0.2) is 6.54 Å². The minimum absolute atomic E-state index is 0.0554. The van der Waals surface area contributed by atoms with Crippen molar-refractivity contribution in [1.82, 2.24) is 0 Å². The summed E-state index contributed by atoms with van der Waals surface area (Å²) in [4.78, 5) is 11.8. The molecule has 31 heavy (non-hydrogen) atoms. The third-order valence-electron chi connectivity index (χ3n) is 6.33. The number of carbonyl (C=O) groups excluding carboxylic acids is 1. The van der Waals surface area contributed by atoms with E-state index in [2.05, 4.69) is 40.1 Å². The Balaban J connectivity index is 3.22. The van der Waals surface area contributed by atoms with Gasteiger partial charge in [-0.2, -0.15) is 0 Å². The smallest absolute Gasteiger partial charge is 0.361 e. The number of esters is 1. The molecule has 0 spiro atoms. The quantitative estimate of drug-likeness (QED) is 0.0695. The number of likely N-dealkylation sites (N-methyl/N-ethyl adjacent to an activating group) is 1. The Kier molecular flexibility index (Phi) is 21.8. The van der Waals surface area contributed by atoms with Crippen LogP contribution in [0.2, 0.25) is 0 Å². The lowest BCUT2D eigenvalue weighted by atomic mass is 10.1. The Hall–Kier alpha value is -0.830. The summed E-state index contributed by atoms with van der Waals surface area (Å²) in [6, 6.07) is 0. The fourth-order valence-electron chi connectivity index (χ4n) is 3.75. The second-order valence-electron chi connectivity index (χ2n) is 9.98. The van der Waals surface area contributed by atoms with E-state index in [1.54, 1.807) is 0 Å². The lowest BCUT2D eigenvalue weighted by Crippen LogP contribution is -2.44. The molecule has 0 bridgehead atoms. The number of nitrogens with zero attached hydrogens (tertiary/aromatic N) is 1. The van der Waals surface area contributed by atoms with Gasteiger partial charge in [0, 0.05) is 0 Å². The lowest BCUT2D eigenvalue weighted by molar-refractivity contribution is -0.881. The number of quaternary nitrogens is 1. The molecule has 0 rings (SSSR count). The van der Waals surface area contributed by atoms with E-state index < -0.39 is 0 Å². The van der Waals surface area contributed by atoms with E-state index in [0.29, 0.717) is 17.6 Å². The number of hydrogen-bond donors (Lipinski definition) is 0. The molecule has 0 heterocycles. The maximum atomic E-state index is 11.8. The molecule has 0 aliphatic heterocycles. The van der Waals surface area contributed by atoms with Gasteiger partial charge in [-0.25, -0.2) is 4.79 Å². The van der Waals surface area contributed by atoms with E-state index >= 15 is 0 Å². The van der Waals surface area contributed by atoms with Gasteiger partial charge < -0.3 is 9.22 Å². The predicted octanol–water partition coefficient (Wildman–Crippen LogP) is 8.22. The van der Waals surface area contributed by atoms with Gasteiger partial charge in [-0.15, -0.1) is 0 Å². The molecule has 0 aromatic heterocycles. The Bertz CT molecular complexity index is 417. The number of rotatable bonds is 23. The van der Waals surface area contributed by atoms with E-state index in [-0.39, 0.29) is 5.97 Å². The molecular weight excluding hydrogens is 382 g/mol. The summed E-state index contributed by atoms with van der Waals surface area (Å²) in [5.74, 6) is -0.0554. The molecule has 0 aromatic carbocycles. The zero-order chi connectivity index (χ0) is 23.0.